The average Bonchev–Trinajstić information content (AvgIpc) is 2.33. The number of nitrogens with one attached hydrogen (secondary N) is 1. The maximum absolute atomic E-state index is 10.2. The standard InChI is InChI=1S/C5H11NO2S.C4H8N2O3/c1-9-3-2-4(6)5(7)8;5-1-3(7)6-2-4(8)9/h4H,2-3,6H2,1H3,(H,7,8);1-2,5H2,(H,6,7)(H,8,9). The number of hydrogen-bond donors (Lipinski definition) is 5. The van der Waals surface area contributed by atoms with E-state index in [-0.39, 0.29) is 13.1 Å². The van der Waals surface area contributed by atoms with Crippen molar-refractivity contribution in [1.82, 2.24) is 5.32 Å². The first-order valence-electron chi connectivity index (χ1n) is 5.01. The molecule has 0 aromatic carbocycles. The van der Waals surface area contributed by atoms with Crippen molar-refractivity contribution in [2.45, 2.75) is 12.5 Å². The van der Waals surface area contributed by atoms with Gasteiger partial charge in [-0.15, -0.1) is 0 Å². The first-order valence-corrected chi connectivity index (χ1v) is 6.40. The molecule has 0 saturated carbocycles. The molecule has 0 aliphatic rings. The fourth-order valence-corrected chi connectivity index (χ4v) is 1.10. The Bertz CT molecular complexity index is 275. The van der Waals surface area contributed by atoms with Gasteiger partial charge in [0.25, 0.3) is 0 Å². The molecule has 0 radical (unpaired) electrons. The molecule has 1 amide bonds. The minimum Gasteiger partial charge on any atom is -0.480 e. The Hall–Kier alpha value is -1.32. The van der Waals surface area contributed by atoms with Gasteiger partial charge in [-0.2, -0.15) is 11.8 Å². The fraction of sp³-hybridized carbons (Fsp3) is 0.667. The predicted octanol–water partition coefficient (Wildman–Crippen LogP) is -1.70. The van der Waals surface area contributed by atoms with Gasteiger partial charge in [0.2, 0.25) is 5.91 Å². The molecule has 0 aromatic heterocycles. The van der Waals surface area contributed by atoms with E-state index in [1.54, 1.807) is 11.8 Å². The van der Waals surface area contributed by atoms with Crippen LogP contribution < -0.4 is 16.8 Å². The van der Waals surface area contributed by atoms with Crippen LogP contribution >= 0.6 is 11.8 Å². The van der Waals surface area contributed by atoms with Crippen molar-refractivity contribution in [3.63, 3.8) is 0 Å². The van der Waals surface area contributed by atoms with Crippen LogP contribution in [0.4, 0.5) is 0 Å². The highest BCUT2D eigenvalue weighted by Gasteiger charge is 2.08. The molecule has 1 unspecified atom stereocenters. The summed E-state index contributed by atoms with van der Waals surface area (Å²) in [6.07, 6.45) is 2.48. The Morgan fingerprint density at radius 3 is 2.22 bits per heavy atom. The second-order valence-electron chi connectivity index (χ2n) is 3.10. The summed E-state index contributed by atoms with van der Waals surface area (Å²) in [5.41, 5.74) is 10.0. The molecule has 7 N–H and O–H groups in total. The molecule has 8 nitrogen and oxygen atoms in total. The number of hydrogen-bond acceptors (Lipinski definition) is 6. The second-order valence-corrected chi connectivity index (χ2v) is 4.09. The minimum absolute atomic E-state index is 0.173. The number of carbonyl (C=O) groups is 3. The van der Waals surface area contributed by atoms with Crippen molar-refractivity contribution >= 4 is 29.6 Å². The third kappa shape index (κ3) is 14.7. The molecule has 1 atom stereocenters. The van der Waals surface area contributed by atoms with Crippen molar-refractivity contribution < 1.29 is 24.6 Å². The number of carboxylic acid groups (broad SMARTS) is 2. The third-order valence-corrected chi connectivity index (χ3v) is 2.22. The Morgan fingerprint density at radius 2 is 1.89 bits per heavy atom. The highest BCUT2D eigenvalue weighted by atomic mass is 32.2. The Balaban J connectivity index is 0. The number of carbonyl (C=O) groups excluding carboxylic acids is 1. The molecule has 0 saturated heterocycles. The van der Waals surface area contributed by atoms with E-state index in [2.05, 4.69) is 5.32 Å². The lowest BCUT2D eigenvalue weighted by molar-refractivity contribution is -0.138. The number of thioether (sulfide) groups is 1. The van der Waals surface area contributed by atoms with E-state index in [0.29, 0.717) is 6.42 Å². The zero-order valence-corrected chi connectivity index (χ0v) is 10.9. The van der Waals surface area contributed by atoms with Crippen LogP contribution in [0.1, 0.15) is 6.42 Å². The van der Waals surface area contributed by atoms with E-state index in [1.165, 1.54) is 0 Å². The number of carboxylic acids is 2. The van der Waals surface area contributed by atoms with Crippen LogP contribution in [-0.4, -0.2) is 59.2 Å². The van der Waals surface area contributed by atoms with E-state index in [9.17, 15) is 14.4 Å². The summed E-state index contributed by atoms with van der Waals surface area (Å²) < 4.78 is 0. The molecule has 0 bridgehead atoms. The quantitative estimate of drug-likeness (QED) is 0.369. The monoisotopic (exact) mass is 281 g/mol. The summed E-state index contributed by atoms with van der Waals surface area (Å²) in [6.45, 7) is -0.538. The summed E-state index contributed by atoms with van der Waals surface area (Å²) in [7, 11) is 0. The predicted molar refractivity (Wildman–Crippen MR) is 68.3 cm³/mol. The van der Waals surface area contributed by atoms with E-state index in [4.69, 9.17) is 21.7 Å². The van der Waals surface area contributed by atoms with Crippen LogP contribution in [0.2, 0.25) is 0 Å². The molecule has 18 heavy (non-hydrogen) atoms. The van der Waals surface area contributed by atoms with E-state index in [0.717, 1.165) is 5.75 Å². The van der Waals surface area contributed by atoms with Crippen molar-refractivity contribution in [2.75, 3.05) is 25.1 Å². The molecule has 0 rings (SSSR count). The van der Waals surface area contributed by atoms with Gasteiger partial charge < -0.3 is 27.0 Å². The van der Waals surface area contributed by atoms with E-state index >= 15 is 0 Å². The van der Waals surface area contributed by atoms with E-state index < -0.39 is 23.9 Å². The van der Waals surface area contributed by atoms with Crippen LogP contribution in [0.5, 0.6) is 0 Å². The summed E-state index contributed by atoms with van der Waals surface area (Å²) in [5, 5.41) is 18.3. The zero-order chi connectivity index (χ0) is 14.6. The van der Waals surface area contributed by atoms with Crippen LogP contribution in [0.3, 0.4) is 0 Å². The highest BCUT2D eigenvalue weighted by molar-refractivity contribution is 7.98. The van der Waals surface area contributed by atoms with E-state index in [1.807, 2.05) is 6.26 Å². The van der Waals surface area contributed by atoms with Gasteiger partial charge in [0, 0.05) is 0 Å². The van der Waals surface area contributed by atoms with Crippen molar-refractivity contribution in [3.05, 3.63) is 0 Å². The topological polar surface area (TPSA) is 156 Å². The van der Waals surface area contributed by atoms with Crippen molar-refractivity contribution in [2.24, 2.45) is 11.5 Å². The molecule has 0 heterocycles. The summed E-state index contributed by atoms with van der Waals surface area (Å²) in [4.78, 5) is 30.1. The second kappa shape index (κ2) is 12.1. The number of rotatable bonds is 7. The van der Waals surface area contributed by atoms with Gasteiger partial charge in [0.15, 0.2) is 0 Å². The maximum atomic E-state index is 10.2. The van der Waals surface area contributed by atoms with Crippen LogP contribution in [0.25, 0.3) is 0 Å². The molecule has 0 aliphatic heterocycles. The fourth-order valence-electron chi connectivity index (χ4n) is 0.615. The van der Waals surface area contributed by atoms with Gasteiger partial charge in [-0.05, 0) is 18.4 Å². The van der Waals surface area contributed by atoms with Crippen LogP contribution in [0.15, 0.2) is 0 Å². The molecular formula is C9H19N3O5S. The van der Waals surface area contributed by atoms with Gasteiger partial charge in [0.1, 0.15) is 12.6 Å². The smallest absolute Gasteiger partial charge is 0.322 e. The molecule has 0 fully saturated rings. The maximum Gasteiger partial charge on any atom is 0.322 e. The first kappa shape index (κ1) is 19.0. The van der Waals surface area contributed by atoms with Crippen molar-refractivity contribution in [3.8, 4) is 0 Å². The number of amides is 1. The van der Waals surface area contributed by atoms with Gasteiger partial charge in [-0.3, -0.25) is 14.4 Å². The molecule has 0 aliphatic carbocycles. The number of aliphatic carboxylic acids is 2. The molecule has 0 aromatic rings. The third-order valence-electron chi connectivity index (χ3n) is 1.57. The van der Waals surface area contributed by atoms with Gasteiger partial charge in [-0.1, -0.05) is 0 Å². The molecule has 0 spiro atoms. The first-order chi connectivity index (χ1) is 8.34. The average molecular weight is 281 g/mol. The molecule has 9 heteroatoms. The number of nitrogens with two attached hydrogens (primary N) is 2. The highest BCUT2D eigenvalue weighted by Crippen LogP contribution is 1.97. The van der Waals surface area contributed by atoms with Gasteiger partial charge in [0.05, 0.1) is 6.54 Å². The lowest BCUT2D eigenvalue weighted by Crippen LogP contribution is -2.34. The summed E-state index contributed by atoms with van der Waals surface area (Å²) >= 11 is 1.60. The van der Waals surface area contributed by atoms with Gasteiger partial charge >= 0.3 is 11.9 Å². The zero-order valence-electron chi connectivity index (χ0n) is 10.1. The van der Waals surface area contributed by atoms with Crippen LogP contribution in [0, 0.1) is 0 Å². The Morgan fingerprint density at radius 1 is 1.33 bits per heavy atom. The lowest BCUT2D eigenvalue weighted by Gasteiger charge is -2.02. The SMILES string of the molecule is CSCCC(N)C(=O)O.NCC(=O)NCC(=O)O. The summed E-state index contributed by atoms with van der Waals surface area (Å²) in [5.74, 6) is -1.63. The molecular weight excluding hydrogens is 262 g/mol. The Labute approximate surface area is 109 Å². The largest absolute Gasteiger partial charge is 0.480 e. The lowest BCUT2D eigenvalue weighted by atomic mass is 10.2. The van der Waals surface area contributed by atoms with Crippen LogP contribution in [-0.2, 0) is 14.4 Å². The van der Waals surface area contributed by atoms with Crippen molar-refractivity contribution in [1.29, 1.82) is 0 Å². The van der Waals surface area contributed by atoms with Gasteiger partial charge in [-0.25, -0.2) is 0 Å². The molecule has 106 valence electrons. The minimum atomic E-state index is -1.07. The normalized spacial score (nSPS) is 10.8. The Kier molecular flexibility index (Phi) is 12.8. The summed E-state index contributed by atoms with van der Waals surface area (Å²) in [6, 6.07) is -0.683.